The largest absolute Gasteiger partial charge is 0.486 e. The van der Waals surface area contributed by atoms with Gasteiger partial charge in [0.05, 0.1) is 0 Å². The molecule has 0 bridgehead atoms. The van der Waals surface area contributed by atoms with Gasteiger partial charge in [-0.2, -0.15) is 0 Å². The number of piperazine rings is 1. The molecule has 1 atom stereocenters. The maximum absolute atomic E-state index is 13.9. The molecule has 5 heteroatoms. The number of anilines is 1. The van der Waals surface area contributed by atoms with E-state index in [2.05, 4.69) is 35.8 Å². The van der Waals surface area contributed by atoms with Crippen LogP contribution in [0.3, 0.4) is 0 Å². The Morgan fingerprint density at radius 3 is 2.12 bits per heavy atom. The number of rotatable bonds is 8. The van der Waals surface area contributed by atoms with Gasteiger partial charge in [-0.3, -0.25) is 4.90 Å². The van der Waals surface area contributed by atoms with E-state index in [0.717, 1.165) is 56.1 Å². The van der Waals surface area contributed by atoms with Crippen molar-refractivity contribution in [2.24, 2.45) is 0 Å². The monoisotopic (exact) mass is 450 g/mol. The number of benzene rings is 3. The molecule has 3 aromatic rings. The molecule has 0 spiro atoms. The van der Waals surface area contributed by atoms with Crippen LogP contribution in [0.25, 0.3) is 0 Å². The molecule has 0 amide bonds. The number of hydrogen-bond donors (Lipinski definition) is 0. The highest BCUT2D eigenvalue weighted by molar-refractivity contribution is 5.46. The van der Waals surface area contributed by atoms with Gasteiger partial charge in [0.2, 0.25) is 0 Å². The quantitative estimate of drug-likeness (QED) is 0.394. The molecule has 0 radical (unpaired) electrons. The molecule has 1 aliphatic heterocycles. The van der Waals surface area contributed by atoms with Crippen LogP contribution < -0.4 is 9.64 Å². The lowest BCUT2D eigenvalue weighted by atomic mass is 10.0. The van der Waals surface area contributed by atoms with Crippen molar-refractivity contribution in [2.45, 2.75) is 32.3 Å². The standard InChI is InChI=1S/C28H32F2N2O/c1-21(2)22-6-12-27(13-7-22)33-28(23-4-3-5-25(30)20-23)14-15-31-16-18-32(19-17-31)26-10-8-24(29)9-11-26/h3-13,20-21,28H,14-19H2,1-2H3. The Kier molecular flexibility index (Phi) is 7.61. The van der Waals surface area contributed by atoms with Crippen molar-refractivity contribution >= 4 is 5.69 Å². The lowest BCUT2D eigenvalue weighted by molar-refractivity contribution is 0.160. The summed E-state index contributed by atoms with van der Waals surface area (Å²) in [4.78, 5) is 4.70. The van der Waals surface area contributed by atoms with Crippen LogP contribution in [-0.4, -0.2) is 37.6 Å². The van der Waals surface area contributed by atoms with Crippen LogP contribution in [0.15, 0.2) is 72.8 Å². The average Bonchev–Trinajstić information content (AvgIpc) is 2.83. The summed E-state index contributed by atoms with van der Waals surface area (Å²) in [7, 11) is 0. The van der Waals surface area contributed by atoms with Crippen molar-refractivity contribution in [3.63, 3.8) is 0 Å². The second kappa shape index (κ2) is 10.8. The lowest BCUT2D eigenvalue weighted by Gasteiger charge is -2.36. The van der Waals surface area contributed by atoms with Gasteiger partial charge in [-0.25, -0.2) is 8.78 Å². The van der Waals surface area contributed by atoms with Crippen molar-refractivity contribution in [3.05, 3.63) is 95.6 Å². The first kappa shape index (κ1) is 23.2. The van der Waals surface area contributed by atoms with E-state index in [1.165, 1.54) is 23.8 Å². The summed E-state index contributed by atoms with van der Waals surface area (Å²) in [5, 5.41) is 0. The predicted octanol–water partition coefficient (Wildman–Crippen LogP) is 6.42. The molecule has 3 nitrogen and oxygen atoms in total. The maximum atomic E-state index is 13.9. The molecular formula is C28H32F2N2O. The fourth-order valence-electron chi connectivity index (χ4n) is 4.28. The van der Waals surface area contributed by atoms with Crippen LogP contribution in [0, 0.1) is 11.6 Å². The molecule has 1 aliphatic rings. The minimum atomic E-state index is -0.246. The molecule has 1 unspecified atom stereocenters. The van der Waals surface area contributed by atoms with Crippen LogP contribution in [0.5, 0.6) is 5.75 Å². The number of ether oxygens (including phenoxy) is 1. The Hall–Kier alpha value is -2.92. The zero-order chi connectivity index (χ0) is 23.2. The summed E-state index contributed by atoms with van der Waals surface area (Å²) in [5.41, 5.74) is 3.18. The second-order valence-corrected chi connectivity index (χ2v) is 8.98. The van der Waals surface area contributed by atoms with E-state index in [4.69, 9.17) is 4.74 Å². The van der Waals surface area contributed by atoms with Gasteiger partial charge in [0, 0.05) is 44.8 Å². The summed E-state index contributed by atoms with van der Waals surface area (Å²) in [6.45, 7) is 8.85. The van der Waals surface area contributed by atoms with Crippen LogP contribution in [-0.2, 0) is 0 Å². The predicted molar refractivity (Wildman–Crippen MR) is 130 cm³/mol. The van der Waals surface area contributed by atoms with Gasteiger partial charge in [0.25, 0.3) is 0 Å². The molecule has 0 N–H and O–H groups in total. The summed E-state index contributed by atoms with van der Waals surface area (Å²) in [6.07, 6.45) is 0.548. The highest BCUT2D eigenvalue weighted by Gasteiger charge is 2.21. The van der Waals surface area contributed by atoms with Gasteiger partial charge >= 0.3 is 0 Å². The molecule has 1 fully saturated rings. The number of halogens is 2. The van der Waals surface area contributed by atoms with Crippen LogP contribution in [0.2, 0.25) is 0 Å². The van der Waals surface area contributed by atoms with Gasteiger partial charge in [0.15, 0.2) is 0 Å². The van der Waals surface area contributed by atoms with Crippen molar-refractivity contribution in [2.75, 3.05) is 37.6 Å². The second-order valence-electron chi connectivity index (χ2n) is 8.98. The van der Waals surface area contributed by atoms with Crippen molar-refractivity contribution in [3.8, 4) is 5.75 Å². The first-order chi connectivity index (χ1) is 16.0. The molecule has 0 aliphatic carbocycles. The third-order valence-corrected chi connectivity index (χ3v) is 6.32. The third-order valence-electron chi connectivity index (χ3n) is 6.32. The zero-order valence-corrected chi connectivity index (χ0v) is 19.4. The van der Waals surface area contributed by atoms with Gasteiger partial charge in [-0.05, 0) is 65.6 Å². The summed E-state index contributed by atoms with van der Waals surface area (Å²) in [6, 6.07) is 21.6. The normalized spacial score (nSPS) is 15.6. The number of nitrogens with zero attached hydrogens (tertiary/aromatic N) is 2. The molecule has 0 aromatic heterocycles. The smallest absolute Gasteiger partial charge is 0.125 e. The number of hydrogen-bond acceptors (Lipinski definition) is 3. The van der Waals surface area contributed by atoms with E-state index >= 15 is 0 Å². The van der Waals surface area contributed by atoms with Gasteiger partial charge in [-0.1, -0.05) is 38.1 Å². The van der Waals surface area contributed by atoms with Crippen LogP contribution in [0.1, 0.15) is 43.4 Å². The van der Waals surface area contributed by atoms with E-state index < -0.39 is 0 Å². The SMILES string of the molecule is CC(C)c1ccc(OC(CCN2CCN(c3ccc(F)cc3)CC2)c2cccc(F)c2)cc1. The van der Waals surface area contributed by atoms with Crippen molar-refractivity contribution in [1.29, 1.82) is 0 Å². The highest BCUT2D eigenvalue weighted by Crippen LogP contribution is 2.28. The van der Waals surface area contributed by atoms with Gasteiger partial charge < -0.3 is 9.64 Å². The minimum Gasteiger partial charge on any atom is -0.486 e. The Morgan fingerprint density at radius 1 is 0.788 bits per heavy atom. The molecule has 1 saturated heterocycles. The molecule has 4 rings (SSSR count). The molecule has 3 aromatic carbocycles. The molecule has 1 heterocycles. The fourth-order valence-corrected chi connectivity index (χ4v) is 4.28. The lowest BCUT2D eigenvalue weighted by Crippen LogP contribution is -2.46. The van der Waals surface area contributed by atoms with Crippen LogP contribution in [0.4, 0.5) is 14.5 Å². The topological polar surface area (TPSA) is 15.7 Å². The van der Waals surface area contributed by atoms with Crippen molar-refractivity contribution in [1.82, 2.24) is 4.90 Å². The Balaban J connectivity index is 1.38. The Labute approximate surface area is 195 Å². The first-order valence-electron chi connectivity index (χ1n) is 11.7. The molecule has 0 saturated carbocycles. The maximum Gasteiger partial charge on any atom is 0.125 e. The van der Waals surface area contributed by atoms with E-state index in [-0.39, 0.29) is 17.7 Å². The minimum absolute atomic E-state index is 0.209. The molecule has 33 heavy (non-hydrogen) atoms. The fraction of sp³-hybridized carbons (Fsp3) is 0.357. The summed E-state index contributed by atoms with van der Waals surface area (Å²) in [5.74, 6) is 0.810. The third kappa shape index (κ3) is 6.32. The summed E-state index contributed by atoms with van der Waals surface area (Å²) >= 11 is 0. The van der Waals surface area contributed by atoms with Gasteiger partial charge in [-0.15, -0.1) is 0 Å². The summed E-state index contributed by atoms with van der Waals surface area (Å²) < 4.78 is 33.5. The van der Waals surface area contributed by atoms with Crippen LogP contribution >= 0.6 is 0 Å². The average molecular weight is 451 g/mol. The van der Waals surface area contributed by atoms with Gasteiger partial charge in [0.1, 0.15) is 23.5 Å². The molecular weight excluding hydrogens is 418 g/mol. The van der Waals surface area contributed by atoms with E-state index in [1.807, 2.05) is 30.3 Å². The highest BCUT2D eigenvalue weighted by atomic mass is 19.1. The first-order valence-corrected chi connectivity index (χ1v) is 11.7. The molecule has 174 valence electrons. The van der Waals surface area contributed by atoms with E-state index in [9.17, 15) is 8.78 Å². The Bertz CT molecular complexity index is 1010. The Morgan fingerprint density at radius 2 is 1.48 bits per heavy atom. The van der Waals surface area contributed by atoms with Crippen molar-refractivity contribution < 1.29 is 13.5 Å². The zero-order valence-electron chi connectivity index (χ0n) is 19.4. The van der Waals surface area contributed by atoms with E-state index in [1.54, 1.807) is 12.1 Å². The van der Waals surface area contributed by atoms with E-state index in [0.29, 0.717) is 5.92 Å².